The van der Waals surface area contributed by atoms with Gasteiger partial charge < -0.3 is 19.5 Å². The maximum atomic E-state index is 13.7. The molecule has 2 aromatic carbocycles. The van der Waals surface area contributed by atoms with Crippen LogP contribution in [0, 0.1) is 6.92 Å². The molecule has 0 radical (unpaired) electrons. The molecule has 4 heterocycles. The Bertz CT molecular complexity index is 1210. The van der Waals surface area contributed by atoms with Crippen LogP contribution in [0.2, 0.25) is 0 Å². The predicted molar refractivity (Wildman–Crippen MR) is 121 cm³/mol. The van der Waals surface area contributed by atoms with Gasteiger partial charge in [-0.15, -0.1) is 0 Å². The fourth-order valence-corrected chi connectivity index (χ4v) is 5.70. The van der Waals surface area contributed by atoms with E-state index in [9.17, 15) is 9.59 Å². The van der Waals surface area contributed by atoms with Gasteiger partial charge in [0.15, 0.2) is 0 Å². The highest BCUT2D eigenvalue weighted by molar-refractivity contribution is 5.97. The van der Waals surface area contributed by atoms with Gasteiger partial charge in [-0.05, 0) is 37.0 Å². The Balaban J connectivity index is 1.46. The van der Waals surface area contributed by atoms with Gasteiger partial charge in [-0.1, -0.05) is 48.0 Å². The second-order valence-corrected chi connectivity index (χ2v) is 9.25. The molecular formula is C26H27N3O3. The number of aromatic nitrogens is 1. The molecule has 2 saturated heterocycles. The smallest absolute Gasteiger partial charge is 0.246 e. The van der Waals surface area contributed by atoms with Crippen molar-refractivity contribution in [3.8, 4) is 0 Å². The molecule has 3 aliphatic rings. The fourth-order valence-electron chi connectivity index (χ4n) is 5.70. The van der Waals surface area contributed by atoms with Crippen LogP contribution < -0.4 is 0 Å². The van der Waals surface area contributed by atoms with Gasteiger partial charge in [0.2, 0.25) is 11.8 Å². The van der Waals surface area contributed by atoms with Crippen molar-refractivity contribution < 1.29 is 14.3 Å². The molecule has 164 valence electrons. The molecule has 0 spiro atoms. The maximum absolute atomic E-state index is 13.7. The van der Waals surface area contributed by atoms with Crippen molar-refractivity contribution in [2.24, 2.45) is 0 Å². The number of H-pyrrole nitrogens is 1. The number of carbonyl (C=O) groups is 2. The molecule has 0 saturated carbocycles. The summed E-state index contributed by atoms with van der Waals surface area (Å²) >= 11 is 0. The molecule has 2 fully saturated rings. The summed E-state index contributed by atoms with van der Waals surface area (Å²) in [5.74, 6) is 0.0390. The van der Waals surface area contributed by atoms with E-state index in [1.165, 1.54) is 0 Å². The van der Waals surface area contributed by atoms with E-state index >= 15 is 0 Å². The van der Waals surface area contributed by atoms with E-state index in [1.54, 1.807) is 4.90 Å². The van der Waals surface area contributed by atoms with Crippen molar-refractivity contribution in [2.75, 3.05) is 19.7 Å². The van der Waals surface area contributed by atoms with Gasteiger partial charge in [-0.2, -0.15) is 0 Å². The van der Waals surface area contributed by atoms with Crippen molar-refractivity contribution in [3.05, 3.63) is 70.9 Å². The van der Waals surface area contributed by atoms with E-state index in [0.29, 0.717) is 13.0 Å². The Morgan fingerprint density at radius 1 is 1.12 bits per heavy atom. The van der Waals surface area contributed by atoms with Gasteiger partial charge in [0.1, 0.15) is 6.04 Å². The number of hydrogen-bond donors (Lipinski definition) is 1. The molecule has 6 nitrogen and oxygen atoms in total. The minimum atomic E-state index is -0.491. The highest BCUT2D eigenvalue weighted by Gasteiger charge is 2.48. The van der Waals surface area contributed by atoms with E-state index in [-0.39, 0.29) is 30.5 Å². The van der Waals surface area contributed by atoms with E-state index < -0.39 is 6.04 Å². The number of aryl methyl sites for hydroxylation is 1. The molecule has 0 bridgehead atoms. The summed E-state index contributed by atoms with van der Waals surface area (Å²) in [5.41, 5.74) is 5.40. The number of nitrogens with one attached hydrogen (secondary N) is 1. The lowest BCUT2D eigenvalue weighted by Gasteiger charge is -2.47. The first kappa shape index (κ1) is 19.6. The number of piperazine rings is 1. The van der Waals surface area contributed by atoms with Crippen molar-refractivity contribution in [1.82, 2.24) is 14.8 Å². The third-order valence-corrected chi connectivity index (χ3v) is 7.15. The summed E-state index contributed by atoms with van der Waals surface area (Å²) in [5, 5.41) is 1.14. The number of benzene rings is 2. The zero-order valence-electron chi connectivity index (χ0n) is 18.2. The number of aromatic amines is 1. The zero-order valence-corrected chi connectivity index (χ0v) is 18.2. The largest absolute Gasteiger partial charge is 0.376 e. The molecule has 3 aromatic rings. The fraction of sp³-hybridized carbons (Fsp3) is 0.385. The lowest BCUT2D eigenvalue weighted by atomic mass is 9.86. The molecule has 32 heavy (non-hydrogen) atoms. The Morgan fingerprint density at radius 3 is 2.81 bits per heavy atom. The Kier molecular flexibility index (Phi) is 4.57. The van der Waals surface area contributed by atoms with Crippen LogP contribution in [0.3, 0.4) is 0 Å². The molecule has 6 rings (SSSR count). The zero-order chi connectivity index (χ0) is 21.8. The molecule has 0 aliphatic carbocycles. The van der Waals surface area contributed by atoms with Gasteiger partial charge in [0, 0.05) is 36.2 Å². The van der Waals surface area contributed by atoms with Crippen LogP contribution in [-0.4, -0.2) is 58.4 Å². The summed E-state index contributed by atoms with van der Waals surface area (Å²) in [6.45, 7) is 3.42. The Labute approximate surface area is 187 Å². The SMILES string of the molecule is Cc1cccc([C@H]2c3[nH]c4ccccc4c3C[C@H]3C(=O)N(C[C@@H]4CCCO4)CC(=O)N23)c1. The third-order valence-electron chi connectivity index (χ3n) is 7.15. The number of para-hydroxylation sites is 1. The number of fused-ring (bicyclic) bond motifs is 4. The second kappa shape index (κ2) is 7.48. The quantitative estimate of drug-likeness (QED) is 0.695. The number of carbonyl (C=O) groups excluding carboxylic acids is 2. The molecule has 1 N–H and O–H groups in total. The second-order valence-electron chi connectivity index (χ2n) is 9.25. The van der Waals surface area contributed by atoms with Crippen LogP contribution in [0.15, 0.2) is 48.5 Å². The predicted octanol–water partition coefficient (Wildman–Crippen LogP) is 3.34. The van der Waals surface area contributed by atoms with Crippen LogP contribution in [0.1, 0.15) is 41.3 Å². The number of hydrogen-bond acceptors (Lipinski definition) is 3. The van der Waals surface area contributed by atoms with Gasteiger partial charge in [0.25, 0.3) is 0 Å². The lowest BCUT2D eigenvalue weighted by Crippen LogP contribution is -2.63. The highest BCUT2D eigenvalue weighted by atomic mass is 16.5. The van der Waals surface area contributed by atoms with Gasteiger partial charge in [0.05, 0.1) is 18.7 Å². The van der Waals surface area contributed by atoms with Gasteiger partial charge in [-0.3, -0.25) is 9.59 Å². The van der Waals surface area contributed by atoms with Crippen LogP contribution in [0.25, 0.3) is 10.9 Å². The third kappa shape index (κ3) is 3.05. The minimum Gasteiger partial charge on any atom is -0.376 e. The topological polar surface area (TPSA) is 65.6 Å². The van der Waals surface area contributed by atoms with E-state index in [0.717, 1.165) is 52.7 Å². The number of nitrogens with zero attached hydrogens (tertiary/aromatic N) is 2. The average molecular weight is 430 g/mol. The summed E-state index contributed by atoms with van der Waals surface area (Å²) in [6.07, 6.45) is 2.54. The first-order chi connectivity index (χ1) is 15.6. The van der Waals surface area contributed by atoms with E-state index in [1.807, 2.05) is 23.1 Å². The highest BCUT2D eigenvalue weighted by Crippen LogP contribution is 2.42. The number of rotatable bonds is 3. The summed E-state index contributed by atoms with van der Waals surface area (Å²) < 4.78 is 5.76. The Morgan fingerprint density at radius 2 is 2.00 bits per heavy atom. The minimum absolute atomic E-state index is 0.00316. The van der Waals surface area contributed by atoms with Crippen molar-refractivity contribution in [1.29, 1.82) is 0 Å². The molecule has 2 amide bonds. The summed E-state index contributed by atoms with van der Waals surface area (Å²) in [4.78, 5) is 34.3. The molecule has 1 aromatic heterocycles. The summed E-state index contributed by atoms with van der Waals surface area (Å²) in [7, 11) is 0. The molecular weight excluding hydrogens is 402 g/mol. The van der Waals surface area contributed by atoms with Crippen LogP contribution in [0.4, 0.5) is 0 Å². The number of amides is 2. The molecule has 3 aliphatic heterocycles. The number of ether oxygens (including phenoxy) is 1. The van der Waals surface area contributed by atoms with Gasteiger partial charge in [-0.25, -0.2) is 0 Å². The van der Waals surface area contributed by atoms with Crippen molar-refractivity contribution in [2.45, 2.75) is 44.4 Å². The average Bonchev–Trinajstić information content (AvgIpc) is 3.43. The first-order valence-corrected chi connectivity index (χ1v) is 11.5. The lowest BCUT2D eigenvalue weighted by molar-refractivity contribution is -0.159. The van der Waals surface area contributed by atoms with Crippen LogP contribution >= 0.6 is 0 Å². The molecule has 3 atom stereocenters. The first-order valence-electron chi connectivity index (χ1n) is 11.5. The monoisotopic (exact) mass is 429 g/mol. The Hall–Kier alpha value is -3.12. The maximum Gasteiger partial charge on any atom is 0.246 e. The standard InChI is InChI=1S/C26H27N3O3/c1-16-6-4-7-17(12-16)25-24-20(19-9-2-3-10-21(19)27-24)13-22-26(31)28(15-23(30)29(22)25)14-18-8-5-11-32-18/h2-4,6-7,9-10,12,18,22,25,27H,5,8,11,13-15H2,1H3/t18-,22-,25-/m0/s1. The van der Waals surface area contributed by atoms with E-state index in [4.69, 9.17) is 4.74 Å². The molecule has 6 heteroatoms. The van der Waals surface area contributed by atoms with Crippen LogP contribution in [0.5, 0.6) is 0 Å². The summed E-state index contributed by atoms with van der Waals surface area (Å²) in [6, 6.07) is 15.7. The van der Waals surface area contributed by atoms with E-state index in [2.05, 4.69) is 42.2 Å². The van der Waals surface area contributed by atoms with Crippen LogP contribution in [-0.2, 0) is 20.7 Å². The van der Waals surface area contributed by atoms with Gasteiger partial charge >= 0.3 is 0 Å². The van der Waals surface area contributed by atoms with Crippen molar-refractivity contribution >= 4 is 22.7 Å². The van der Waals surface area contributed by atoms with Crippen molar-refractivity contribution in [3.63, 3.8) is 0 Å². The normalized spacial score (nSPS) is 25.3. The molecule has 0 unspecified atom stereocenters.